The Hall–Kier alpha value is -1.86. The van der Waals surface area contributed by atoms with Gasteiger partial charge in [0.05, 0.1) is 22.9 Å². The Morgan fingerprint density at radius 3 is 2.64 bits per heavy atom. The van der Waals surface area contributed by atoms with E-state index in [2.05, 4.69) is 10.3 Å². The van der Waals surface area contributed by atoms with E-state index in [4.69, 9.17) is 16.7 Å². The van der Waals surface area contributed by atoms with Gasteiger partial charge in [-0.25, -0.2) is 4.98 Å². The van der Waals surface area contributed by atoms with Crippen LogP contribution >= 0.6 is 34.7 Å². The summed E-state index contributed by atoms with van der Waals surface area (Å²) in [6.45, 7) is -0.0606. The van der Waals surface area contributed by atoms with E-state index in [1.165, 1.54) is 11.3 Å². The third kappa shape index (κ3) is 4.22. The number of halogens is 1. The van der Waals surface area contributed by atoms with Crippen molar-refractivity contribution in [1.82, 2.24) is 4.98 Å². The van der Waals surface area contributed by atoms with Crippen LogP contribution < -0.4 is 5.32 Å². The van der Waals surface area contributed by atoms with Crippen molar-refractivity contribution < 1.29 is 9.90 Å². The molecule has 0 aliphatic heterocycles. The second kappa shape index (κ2) is 8.01. The number of aromatic nitrogens is 1. The van der Waals surface area contributed by atoms with E-state index in [0.29, 0.717) is 21.3 Å². The van der Waals surface area contributed by atoms with Crippen molar-refractivity contribution in [3.8, 4) is 11.3 Å². The first kappa shape index (κ1) is 17.9. The Labute approximate surface area is 158 Å². The summed E-state index contributed by atoms with van der Waals surface area (Å²) in [4.78, 5) is 17.7. The number of rotatable bonds is 5. The summed E-state index contributed by atoms with van der Waals surface area (Å²) in [5.41, 5.74) is 2.85. The Bertz CT molecular complexity index is 894. The minimum Gasteiger partial charge on any atom is -0.389 e. The predicted molar refractivity (Wildman–Crippen MR) is 105 cm³/mol. The van der Waals surface area contributed by atoms with Gasteiger partial charge in [0.1, 0.15) is 5.01 Å². The number of anilines is 1. The van der Waals surface area contributed by atoms with Gasteiger partial charge in [-0.05, 0) is 36.6 Å². The number of thioether (sulfide) groups is 1. The van der Waals surface area contributed by atoms with Crippen molar-refractivity contribution in [2.24, 2.45) is 0 Å². The number of benzene rings is 2. The molecule has 0 aliphatic rings. The largest absolute Gasteiger partial charge is 0.389 e. The van der Waals surface area contributed by atoms with Crippen LogP contribution in [0.3, 0.4) is 0 Å². The smallest absolute Gasteiger partial charge is 0.257 e. The van der Waals surface area contributed by atoms with E-state index in [1.807, 2.05) is 42.0 Å². The lowest BCUT2D eigenvalue weighted by atomic mass is 10.1. The van der Waals surface area contributed by atoms with E-state index >= 15 is 0 Å². The highest BCUT2D eigenvalue weighted by molar-refractivity contribution is 7.98. The number of thiazole rings is 1. The normalized spacial score (nSPS) is 10.7. The SMILES string of the molecule is CSc1ccc(C(=O)Nc2ccc(-c3csc(CO)n3)cc2)c(Cl)c1. The molecular formula is C18H15ClN2O2S2. The molecule has 0 saturated carbocycles. The van der Waals surface area contributed by atoms with Crippen molar-refractivity contribution in [3.05, 3.63) is 63.4 Å². The van der Waals surface area contributed by atoms with E-state index in [1.54, 1.807) is 23.9 Å². The topological polar surface area (TPSA) is 62.2 Å². The minimum atomic E-state index is -0.248. The summed E-state index contributed by atoms with van der Waals surface area (Å²) in [6.07, 6.45) is 1.96. The van der Waals surface area contributed by atoms with Crippen LogP contribution in [-0.4, -0.2) is 22.3 Å². The van der Waals surface area contributed by atoms with Gasteiger partial charge in [-0.15, -0.1) is 23.1 Å². The molecule has 0 bridgehead atoms. The highest BCUT2D eigenvalue weighted by Gasteiger charge is 2.11. The summed E-state index contributed by atoms with van der Waals surface area (Å²) >= 11 is 9.18. The number of nitrogens with zero attached hydrogens (tertiary/aromatic N) is 1. The maximum Gasteiger partial charge on any atom is 0.257 e. The number of nitrogens with one attached hydrogen (secondary N) is 1. The molecule has 4 nitrogen and oxygen atoms in total. The van der Waals surface area contributed by atoms with Crippen LogP contribution in [-0.2, 0) is 6.61 Å². The number of carbonyl (C=O) groups excluding carboxylic acids is 1. The lowest BCUT2D eigenvalue weighted by Crippen LogP contribution is -2.12. The highest BCUT2D eigenvalue weighted by atomic mass is 35.5. The molecular weight excluding hydrogens is 376 g/mol. The average Bonchev–Trinajstić information content (AvgIpc) is 3.11. The molecule has 3 aromatic rings. The van der Waals surface area contributed by atoms with Gasteiger partial charge in [0.2, 0.25) is 0 Å². The lowest BCUT2D eigenvalue weighted by Gasteiger charge is -2.08. The van der Waals surface area contributed by atoms with Gasteiger partial charge in [-0.1, -0.05) is 23.7 Å². The standard InChI is InChI=1S/C18H15ClN2O2S2/c1-24-13-6-7-14(15(19)8-13)18(23)20-12-4-2-11(3-5-12)16-10-25-17(9-22)21-16/h2-8,10,22H,9H2,1H3,(H,20,23). The molecule has 128 valence electrons. The lowest BCUT2D eigenvalue weighted by molar-refractivity contribution is 0.102. The molecule has 0 saturated heterocycles. The molecule has 0 fully saturated rings. The van der Waals surface area contributed by atoms with Gasteiger partial charge >= 0.3 is 0 Å². The Morgan fingerprint density at radius 2 is 2.04 bits per heavy atom. The number of amides is 1. The molecule has 0 aliphatic carbocycles. The maximum absolute atomic E-state index is 12.4. The zero-order chi connectivity index (χ0) is 17.8. The minimum absolute atomic E-state index is 0.0606. The van der Waals surface area contributed by atoms with Gasteiger partial charge in [-0.3, -0.25) is 4.79 Å². The van der Waals surface area contributed by atoms with E-state index in [0.717, 1.165) is 16.2 Å². The second-order valence-electron chi connectivity index (χ2n) is 5.16. The van der Waals surface area contributed by atoms with Gasteiger partial charge in [-0.2, -0.15) is 0 Å². The third-order valence-corrected chi connectivity index (χ3v) is 5.42. The van der Waals surface area contributed by atoms with Crippen molar-refractivity contribution in [1.29, 1.82) is 0 Å². The molecule has 7 heteroatoms. The molecule has 0 atom stereocenters. The quantitative estimate of drug-likeness (QED) is 0.606. The van der Waals surface area contributed by atoms with Gasteiger partial charge < -0.3 is 10.4 Å². The molecule has 1 amide bonds. The van der Waals surface area contributed by atoms with E-state index < -0.39 is 0 Å². The van der Waals surface area contributed by atoms with Gasteiger partial charge in [0, 0.05) is 21.5 Å². The summed E-state index contributed by atoms with van der Waals surface area (Å²) < 4.78 is 0. The van der Waals surface area contributed by atoms with Gasteiger partial charge in [0.15, 0.2) is 0 Å². The van der Waals surface area contributed by atoms with Crippen molar-refractivity contribution in [2.75, 3.05) is 11.6 Å². The maximum atomic E-state index is 12.4. The highest BCUT2D eigenvalue weighted by Crippen LogP contribution is 2.26. The molecule has 0 radical (unpaired) electrons. The molecule has 25 heavy (non-hydrogen) atoms. The Kier molecular flexibility index (Phi) is 5.75. The second-order valence-corrected chi connectivity index (χ2v) is 7.39. The predicted octanol–water partition coefficient (Wildman–Crippen LogP) is 4.93. The Balaban J connectivity index is 1.73. The van der Waals surface area contributed by atoms with Crippen LogP contribution in [0.1, 0.15) is 15.4 Å². The molecule has 3 rings (SSSR count). The molecule has 0 unspecified atom stereocenters. The molecule has 2 aromatic carbocycles. The fraction of sp³-hybridized carbons (Fsp3) is 0.111. The molecule has 1 aromatic heterocycles. The number of carbonyl (C=O) groups is 1. The average molecular weight is 391 g/mol. The van der Waals surface area contributed by atoms with Crippen LogP contribution in [0.25, 0.3) is 11.3 Å². The summed E-state index contributed by atoms with van der Waals surface area (Å²) in [7, 11) is 0. The first-order chi connectivity index (χ1) is 12.1. The first-order valence-electron chi connectivity index (χ1n) is 7.41. The zero-order valence-electron chi connectivity index (χ0n) is 13.3. The fourth-order valence-corrected chi connectivity index (χ4v) is 3.68. The van der Waals surface area contributed by atoms with Crippen LogP contribution in [0.5, 0.6) is 0 Å². The van der Waals surface area contributed by atoms with Crippen LogP contribution in [0.2, 0.25) is 5.02 Å². The number of aliphatic hydroxyl groups excluding tert-OH is 1. The van der Waals surface area contributed by atoms with E-state index in [-0.39, 0.29) is 12.5 Å². The molecule has 1 heterocycles. The first-order valence-corrected chi connectivity index (χ1v) is 9.89. The van der Waals surface area contributed by atoms with Crippen molar-refractivity contribution in [3.63, 3.8) is 0 Å². The summed E-state index contributed by atoms with van der Waals surface area (Å²) in [5.74, 6) is -0.248. The number of aliphatic hydroxyl groups is 1. The zero-order valence-corrected chi connectivity index (χ0v) is 15.7. The van der Waals surface area contributed by atoms with Crippen molar-refractivity contribution >= 4 is 46.3 Å². The molecule has 2 N–H and O–H groups in total. The van der Waals surface area contributed by atoms with Crippen LogP contribution in [0.15, 0.2) is 52.7 Å². The number of hydrogen-bond donors (Lipinski definition) is 2. The third-order valence-electron chi connectivity index (χ3n) is 3.55. The summed E-state index contributed by atoms with van der Waals surface area (Å²) in [5, 5.41) is 14.9. The van der Waals surface area contributed by atoms with Crippen LogP contribution in [0.4, 0.5) is 5.69 Å². The van der Waals surface area contributed by atoms with Gasteiger partial charge in [0.25, 0.3) is 5.91 Å². The fourth-order valence-electron chi connectivity index (χ4n) is 2.25. The summed E-state index contributed by atoms with van der Waals surface area (Å²) in [6, 6.07) is 12.8. The van der Waals surface area contributed by atoms with Crippen molar-refractivity contribution in [2.45, 2.75) is 11.5 Å². The van der Waals surface area contributed by atoms with E-state index in [9.17, 15) is 4.79 Å². The number of hydrogen-bond acceptors (Lipinski definition) is 5. The Morgan fingerprint density at radius 1 is 1.28 bits per heavy atom. The molecule has 0 spiro atoms. The monoisotopic (exact) mass is 390 g/mol. The van der Waals surface area contributed by atoms with Crippen LogP contribution in [0, 0.1) is 0 Å².